The number of hydroxylamine groups is 2. The molecule has 21 nitrogen and oxygen atoms in total. The Bertz CT molecular complexity index is 1680. The first kappa shape index (κ1) is 30.3. The minimum atomic E-state index is -2.90. The molecule has 3 unspecified atom stereocenters. The van der Waals surface area contributed by atoms with Crippen molar-refractivity contribution < 1.29 is 68.4 Å². The zero-order valence-corrected chi connectivity index (χ0v) is 23.7. The van der Waals surface area contributed by atoms with E-state index in [-0.39, 0.29) is 28.7 Å². The van der Waals surface area contributed by atoms with Crippen LogP contribution in [0.3, 0.4) is 0 Å². The first-order valence-electron chi connectivity index (χ1n) is 13.1. The fourth-order valence-electron chi connectivity index (χ4n) is 5.00. The predicted octanol–water partition coefficient (Wildman–Crippen LogP) is -2.09. The number of thiazole rings is 1. The fourth-order valence-corrected chi connectivity index (χ4v) is 5.54. The molecule has 5 aliphatic rings. The second kappa shape index (κ2) is 10.4. The van der Waals surface area contributed by atoms with Crippen molar-refractivity contribution in [2.24, 2.45) is 5.16 Å². The van der Waals surface area contributed by atoms with Gasteiger partial charge >= 0.3 is 29.7 Å². The highest BCUT2D eigenvalue weighted by Crippen LogP contribution is 2.41. The second-order valence-electron chi connectivity index (χ2n) is 10.5. The van der Waals surface area contributed by atoms with Crippen LogP contribution < -0.4 is 11.1 Å². The fraction of sp³-hybridized carbons (Fsp3) is 0.375. The molecule has 1 aromatic rings. The molecular formula is C24H21N7O14S. The van der Waals surface area contributed by atoms with Gasteiger partial charge in [-0.2, -0.15) is 5.06 Å². The third-order valence-electron chi connectivity index (χ3n) is 7.60. The van der Waals surface area contributed by atoms with Crippen LogP contribution in [-0.2, 0) is 43.2 Å². The molecule has 0 spiro atoms. The number of fused-ring (bicyclic) bond motifs is 1. The van der Waals surface area contributed by atoms with E-state index in [1.807, 2.05) is 0 Å². The zero-order chi connectivity index (χ0) is 33.3. The number of imide groups is 1. The van der Waals surface area contributed by atoms with Crippen molar-refractivity contribution in [1.29, 1.82) is 0 Å². The highest BCUT2D eigenvalue weighted by molar-refractivity contribution is 7.13. The van der Waals surface area contributed by atoms with Gasteiger partial charge in [-0.25, -0.2) is 29.1 Å². The predicted molar refractivity (Wildman–Crippen MR) is 143 cm³/mol. The molecule has 7 N–H and O–H groups in total. The summed E-state index contributed by atoms with van der Waals surface area (Å²) in [4.78, 5) is 105. The van der Waals surface area contributed by atoms with E-state index in [0.717, 1.165) is 23.6 Å². The molecule has 1 aliphatic carbocycles. The standard InChI is InChI=1S/C24H21N7O14S/c25-21-27-9(7-46-21)14(28-45-23(1-2-23)19(38)39)15(34)26-8-6-43-31(16(8)35)24(20(40)41)4-11(18(37)44-24)30-17(36)10-3-12(32)13(33)5-29(10)22(30)42/h3,5,7-8,10-11,32-33H,1-2,4,6H2,(H2,25,27)(H,26,34)(H,38,39)(H,40,41)/b28-14-/t8-,10?,11?,24?/m0/s1. The van der Waals surface area contributed by atoms with Crippen LogP contribution in [0.1, 0.15) is 25.0 Å². The lowest BCUT2D eigenvalue weighted by Gasteiger charge is -2.30. The molecule has 4 fully saturated rings. The molecule has 1 saturated carbocycles. The molecule has 0 bridgehead atoms. The number of carbonyl (C=O) groups is 7. The van der Waals surface area contributed by atoms with Crippen molar-refractivity contribution >= 4 is 63.8 Å². The molecule has 242 valence electrons. The van der Waals surface area contributed by atoms with Gasteiger partial charge in [0.25, 0.3) is 17.7 Å². The third kappa shape index (κ3) is 4.61. The molecule has 4 atom stereocenters. The Morgan fingerprint density at radius 2 is 1.83 bits per heavy atom. The number of carboxylic acids is 2. The Morgan fingerprint density at radius 1 is 1.11 bits per heavy atom. The number of aliphatic hydroxyl groups excluding tert-OH is 2. The van der Waals surface area contributed by atoms with Crippen molar-refractivity contribution in [1.82, 2.24) is 25.2 Å². The summed E-state index contributed by atoms with van der Waals surface area (Å²) in [5.74, 6) is -9.48. The molecule has 4 aliphatic heterocycles. The zero-order valence-electron chi connectivity index (χ0n) is 22.9. The summed E-state index contributed by atoms with van der Waals surface area (Å²) in [5.41, 5.74) is 0.407. The second-order valence-corrected chi connectivity index (χ2v) is 11.4. The minimum absolute atomic E-state index is 0.0222. The lowest BCUT2D eigenvalue weighted by Crippen LogP contribution is -2.57. The van der Waals surface area contributed by atoms with Gasteiger partial charge in [0, 0.05) is 18.2 Å². The van der Waals surface area contributed by atoms with Gasteiger partial charge < -0.3 is 41.1 Å². The monoisotopic (exact) mass is 663 g/mol. The maximum Gasteiger partial charge on any atom is 0.372 e. The molecule has 22 heteroatoms. The smallest absolute Gasteiger partial charge is 0.372 e. The first-order chi connectivity index (χ1) is 21.7. The van der Waals surface area contributed by atoms with E-state index in [1.54, 1.807) is 0 Å². The number of hydrogen-bond acceptors (Lipinski definition) is 16. The Kier molecular flexibility index (Phi) is 6.85. The number of aliphatic hydroxyl groups is 2. The Hall–Kier alpha value is -5.77. The quantitative estimate of drug-likeness (QED) is 0.0714. The summed E-state index contributed by atoms with van der Waals surface area (Å²) in [5, 5.41) is 46.4. The number of amides is 5. The molecule has 0 radical (unpaired) electrons. The normalized spacial score (nSPS) is 28.5. The number of urea groups is 1. The molecule has 0 aromatic carbocycles. The van der Waals surface area contributed by atoms with Crippen molar-refractivity contribution in [3.63, 3.8) is 0 Å². The Morgan fingerprint density at radius 3 is 2.43 bits per heavy atom. The third-order valence-corrected chi connectivity index (χ3v) is 8.28. The molecular weight excluding hydrogens is 642 g/mol. The lowest BCUT2D eigenvalue weighted by molar-refractivity contribution is -0.256. The number of nitrogens with two attached hydrogens (primary N) is 1. The van der Waals surface area contributed by atoms with E-state index >= 15 is 0 Å². The number of nitrogens with one attached hydrogen (secondary N) is 1. The number of aromatic nitrogens is 1. The summed E-state index contributed by atoms with van der Waals surface area (Å²) >= 11 is 0.921. The van der Waals surface area contributed by atoms with E-state index < -0.39 is 101 Å². The number of carbonyl (C=O) groups excluding carboxylic acids is 5. The molecule has 6 rings (SSSR count). The molecule has 5 amide bonds. The number of carboxylic acid groups (broad SMARTS) is 2. The van der Waals surface area contributed by atoms with Gasteiger partial charge in [0.2, 0.25) is 5.60 Å². The van der Waals surface area contributed by atoms with E-state index in [9.17, 15) is 54.0 Å². The van der Waals surface area contributed by atoms with Gasteiger partial charge in [0.1, 0.15) is 30.4 Å². The number of anilines is 1. The average molecular weight is 664 g/mol. The summed E-state index contributed by atoms with van der Waals surface area (Å²) in [6.45, 7) is -0.681. The highest BCUT2D eigenvalue weighted by atomic mass is 32.1. The summed E-state index contributed by atoms with van der Waals surface area (Å²) < 4.78 is 5.07. The van der Waals surface area contributed by atoms with Crippen molar-refractivity contribution in [3.05, 3.63) is 34.9 Å². The highest BCUT2D eigenvalue weighted by Gasteiger charge is 2.66. The maximum atomic E-state index is 13.4. The molecule has 5 heterocycles. The van der Waals surface area contributed by atoms with Crippen LogP contribution in [0.5, 0.6) is 0 Å². The van der Waals surface area contributed by atoms with Crippen LogP contribution in [0.4, 0.5) is 9.93 Å². The first-order valence-corrected chi connectivity index (χ1v) is 14.0. The van der Waals surface area contributed by atoms with Gasteiger partial charge in [-0.05, 0) is 6.08 Å². The Labute approximate surface area is 258 Å². The van der Waals surface area contributed by atoms with Crippen LogP contribution in [0, 0.1) is 0 Å². The van der Waals surface area contributed by atoms with Gasteiger partial charge in [0.15, 0.2) is 22.4 Å². The van der Waals surface area contributed by atoms with E-state index in [4.69, 9.17) is 20.1 Å². The van der Waals surface area contributed by atoms with Crippen LogP contribution in [0.25, 0.3) is 0 Å². The summed E-state index contributed by atoms with van der Waals surface area (Å²) in [6, 6.07) is -6.10. The topological polar surface area (TPSA) is 301 Å². The largest absolute Gasteiger partial charge is 0.504 e. The molecule has 3 saturated heterocycles. The number of nitrogens with zero attached hydrogens (tertiary/aromatic N) is 5. The van der Waals surface area contributed by atoms with E-state index in [1.165, 1.54) is 5.38 Å². The van der Waals surface area contributed by atoms with Crippen molar-refractivity contribution in [2.75, 3.05) is 12.3 Å². The van der Waals surface area contributed by atoms with Gasteiger partial charge in [-0.15, -0.1) is 11.3 Å². The number of esters is 1. The van der Waals surface area contributed by atoms with Gasteiger partial charge in [0.05, 0.1) is 12.6 Å². The van der Waals surface area contributed by atoms with Crippen LogP contribution in [0.15, 0.2) is 34.3 Å². The number of ether oxygens (including phenoxy) is 1. The minimum Gasteiger partial charge on any atom is -0.504 e. The van der Waals surface area contributed by atoms with Crippen molar-refractivity contribution in [3.8, 4) is 0 Å². The lowest BCUT2D eigenvalue weighted by atomic mass is 10.0. The number of hydrogen-bond donors (Lipinski definition) is 6. The van der Waals surface area contributed by atoms with Crippen LogP contribution in [0.2, 0.25) is 0 Å². The van der Waals surface area contributed by atoms with Crippen molar-refractivity contribution in [2.45, 2.75) is 48.7 Å². The molecule has 1 aromatic heterocycles. The number of oxime groups is 1. The average Bonchev–Trinajstić information content (AvgIpc) is 3.21. The van der Waals surface area contributed by atoms with E-state index in [2.05, 4.69) is 15.5 Å². The van der Waals surface area contributed by atoms with Gasteiger partial charge in [-0.3, -0.25) is 24.1 Å². The Balaban J connectivity index is 1.21. The number of rotatable bonds is 9. The maximum absolute atomic E-state index is 13.4. The number of nitrogen functional groups attached to an aromatic ring is 1. The van der Waals surface area contributed by atoms with Crippen LogP contribution >= 0.6 is 11.3 Å². The summed E-state index contributed by atoms with van der Waals surface area (Å²) in [7, 11) is 0. The SMILES string of the molecule is Nc1nc(/C(=N/OC2(C(=O)O)CC2)C(=O)N[C@H]2CON(C3(C(=O)O)CC(N4C(=O)C5C=C(O)C(O)=CN5C4=O)C(=O)O3)C2=O)cs1. The van der Waals surface area contributed by atoms with Gasteiger partial charge in [-0.1, -0.05) is 5.16 Å². The molecule has 46 heavy (non-hydrogen) atoms. The number of aliphatic carboxylic acids is 2. The number of cyclic esters (lactones) is 1. The summed E-state index contributed by atoms with van der Waals surface area (Å²) in [6.07, 6.45) is 0.835. The van der Waals surface area contributed by atoms with Crippen LogP contribution in [-0.4, -0.2) is 124 Å². The van der Waals surface area contributed by atoms with E-state index in [0.29, 0.717) is 9.80 Å².